The maximum atomic E-state index is 5.90. The summed E-state index contributed by atoms with van der Waals surface area (Å²) in [5.74, 6) is 0.748. The van der Waals surface area contributed by atoms with Crippen molar-refractivity contribution in [2.24, 2.45) is 0 Å². The third-order valence-corrected chi connectivity index (χ3v) is 2.65. The molecule has 3 nitrogen and oxygen atoms in total. The summed E-state index contributed by atoms with van der Waals surface area (Å²) in [4.78, 5) is 0. The zero-order valence-electron chi connectivity index (χ0n) is 9.07. The van der Waals surface area contributed by atoms with Crippen LogP contribution in [0.5, 0.6) is 0 Å². The fourth-order valence-corrected chi connectivity index (χ4v) is 1.56. The average Bonchev–Trinajstić information content (AvgIpc) is 2.53. The Morgan fingerprint density at radius 1 is 1.20 bits per heavy atom. The standard InChI is InChI=1S/C12H15N3/c1-9-5-3-4-6-11(9)8-15-12(13)10(2)7-14-15/h3-7H,8,13H2,1-2H3. The Labute approximate surface area is 89.5 Å². The number of benzene rings is 1. The van der Waals surface area contributed by atoms with Gasteiger partial charge in [0.15, 0.2) is 0 Å². The Balaban J connectivity index is 2.30. The van der Waals surface area contributed by atoms with Gasteiger partial charge in [-0.3, -0.25) is 0 Å². The van der Waals surface area contributed by atoms with E-state index in [0.29, 0.717) is 0 Å². The Kier molecular flexibility index (Phi) is 2.46. The van der Waals surface area contributed by atoms with E-state index in [2.05, 4.69) is 24.2 Å². The summed E-state index contributed by atoms with van der Waals surface area (Å²) < 4.78 is 1.83. The van der Waals surface area contributed by atoms with E-state index in [9.17, 15) is 0 Å². The second kappa shape index (κ2) is 3.77. The minimum Gasteiger partial charge on any atom is -0.384 e. The molecule has 78 valence electrons. The van der Waals surface area contributed by atoms with Crippen LogP contribution in [0.25, 0.3) is 0 Å². The lowest BCUT2D eigenvalue weighted by Gasteiger charge is -2.07. The molecule has 2 rings (SSSR count). The lowest BCUT2D eigenvalue weighted by molar-refractivity contribution is 0.694. The van der Waals surface area contributed by atoms with Crippen LogP contribution in [0.1, 0.15) is 16.7 Å². The molecule has 0 amide bonds. The van der Waals surface area contributed by atoms with Crippen molar-refractivity contribution in [2.75, 3.05) is 5.73 Å². The first kappa shape index (κ1) is 9.77. The van der Waals surface area contributed by atoms with Gasteiger partial charge in [-0.25, -0.2) is 4.68 Å². The van der Waals surface area contributed by atoms with Crippen LogP contribution in [-0.4, -0.2) is 9.78 Å². The fraction of sp³-hybridized carbons (Fsp3) is 0.250. The van der Waals surface area contributed by atoms with Gasteiger partial charge in [-0.05, 0) is 25.0 Å². The molecule has 1 aromatic heterocycles. The number of anilines is 1. The van der Waals surface area contributed by atoms with E-state index in [-0.39, 0.29) is 0 Å². The van der Waals surface area contributed by atoms with E-state index in [1.165, 1.54) is 11.1 Å². The largest absolute Gasteiger partial charge is 0.384 e. The summed E-state index contributed by atoms with van der Waals surface area (Å²) in [6.07, 6.45) is 1.80. The topological polar surface area (TPSA) is 43.8 Å². The number of hydrogen-bond acceptors (Lipinski definition) is 2. The van der Waals surface area contributed by atoms with Crippen molar-refractivity contribution in [3.05, 3.63) is 47.2 Å². The van der Waals surface area contributed by atoms with E-state index in [4.69, 9.17) is 5.73 Å². The van der Waals surface area contributed by atoms with Crippen molar-refractivity contribution in [1.82, 2.24) is 9.78 Å². The maximum absolute atomic E-state index is 5.90. The number of nitrogens with two attached hydrogens (primary N) is 1. The molecule has 15 heavy (non-hydrogen) atoms. The average molecular weight is 201 g/mol. The van der Waals surface area contributed by atoms with Gasteiger partial charge in [-0.15, -0.1) is 0 Å². The molecule has 0 saturated carbocycles. The van der Waals surface area contributed by atoms with Gasteiger partial charge in [-0.1, -0.05) is 24.3 Å². The quantitative estimate of drug-likeness (QED) is 0.808. The highest BCUT2D eigenvalue weighted by Gasteiger charge is 2.04. The maximum Gasteiger partial charge on any atom is 0.124 e. The zero-order valence-corrected chi connectivity index (χ0v) is 9.07. The van der Waals surface area contributed by atoms with Gasteiger partial charge in [0.25, 0.3) is 0 Å². The second-order valence-corrected chi connectivity index (χ2v) is 3.80. The Morgan fingerprint density at radius 2 is 1.93 bits per heavy atom. The SMILES string of the molecule is Cc1ccccc1Cn1ncc(C)c1N. The molecule has 1 aromatic carbocycles. The summed E-state index contributed by atoms with van der Waals surface area (Å²) in [5.41, 5.74) is 9.46. The normalized spacial score (nSPS) is 10.5. The zero-order chi connectivity index (χ0) is 10.8. The van der Waals surface area contributed by atoms with Crippen LogP contribution >= 0.6 is 0 Å². The van der Waals surface area contributed by atoms with E-state index in [1.807, 2.05) is 23.7 Å². The first-order valence-corrected chi connectivity index (χ1v) is 5.01. The van der Waals surface area contributed by atoms with Gasteiger partial charge in [0, 0.05) is 5.56 Å². The van der Waals surface area contributed by atoms with Crippen LogP contribution in [0.3, 0.4) is 0 Å². The third kappa shape index (κ3) is 1.86. The lowest BCUT2D eigenvalue weighted by atomic mass is 10.1. The van der Waals surface area contributed by atoms with Crippen LogP contribution in [0, 0.1) is 13.8 Å². The van der Waals surface area contributed by atoms with Crippen LogP contribution in [0.2, 0.25) is 0 Å². The predicted octanol–water partition coefficient (Wildman–Crippen LogP) is 2.13. The van der Waals surface area contributed by atoms with Gasteiger partial charge in [-0.2, -0.15) is 5.10 Å². The highest BCUT2D eigenvalue weighted by molar-refractivity contribution is 5.38. The fourth-order valence-electron chi connectivity index (χ4n) is 1.56. The summed E-state index contributed by atoms with van der Waals surface area (Å²) in [7, 11) is 0. The number of rotatable bonds is 2. The molecular weight excluding hydrogens is 186 g/mol. The summed E-state index contributed by atoms with van der Waals surface area (Å²) in [5, 5.41) is 4.24. The molecule has 3 heteroatoms. The monoisotopic (exact) mass is 201 g/mol. The van der Waals surface area contributed by atoms with Crippen LogP contribution < -0.4 is 5.73 Å². The molecule has 0 saturated heterocycles. The molecule has 1 heterocycles. The molecular formula is C12H15N3. The smallest absolute Gasteiger partial charge is 0.124 e. The highest BCUT2D eigenvalue weighted by atomic mass is 15.3. The van der Waals surface area contributed by atoms with Crippen LogP contribution in [-0.2, 0) is 6.54 Å². The number of aromatic nitrogens is 2. The number of nitrogen functional groups attached to an aromatic ring is 1. The molecule has 0 atom stereocenters. The molecule has 0 aliphatic carbocycles. The number of aryl methyl sites for hydroxylation is 2. The van der Waals surface area contributed by atoms with Crippen molar-refractivity contribution in [2.45, 2.75) is 20.4 Å². The van der Waals surface area contributed by atoms with E-state index in [1.54, 1.807) is 6.20 Å². The molecule has 0 fully saturated rings. The van der Waals surface area contributed by atoms with Gasteiger partial charge >= 0.3 is 0 Å². The predicted molar refractivity (Wildman–Crippen MR) is 61.7 cm³/mol. The minimum atomic E-state index is 0.742. The Hall–Kier alpha value is -1.77. The summed E-state index contributed by atoms with van der Waals surface area (Å²) >= 11 is 0. The van der Waals surface area contributed by atoms with Crippen molar-refractivity contribution in [3.8, 4) is 0 Å². The molecule has 2 N–H and O–H groups in total. The summed E-state index contributed by atoms with van der Waals surface area (Å²) in [6, 6.07) is 8.28. The van der Waals surface area contributed by atoms with E-state index >= 15 is 0 Å². The van der Waals surface area contributed by atoms with E-state index < -0.39 is 0 Å². The lowest BCUT2D eigenvalue weighted by Crippen LogP contribution is -2.07. The molecule has 0 aliphatic heterocycles. The highest BCUT2D eigenvalue weighted by Crippen LogP contribution is 2.13. The van der Waals surface area contributed by atoms with Crippen molar-refractivity contribution in [1.29, 1.82) is 0 Å². The molecule has 2 aromatic rings. The van der Waals surface area contributed by atoms with Gasteiger partial charge < -0.3 is 5.73 Å². The first-order chi connectivity index (χ1) is 7.18. The third-order valence-electron chi connectivity index (χ3n) is 2.65. The number of nitrogens with zero attached hydrogens (tertiary/aromatic N) is 2. The van der Waals surface area contributed by atoms with E-state index in [0.717, 1.165) is 17.9 Å². The first-order valence-electron chi connectivity index (χ1n) is 5.01. The Morgan fingerprint density at radius 3 is 2.53 bits per heavy atom. The molecule has 0 unspecified atom stereocenters. The van der Waals surface area contributed by atoms with Crippen molar-refractivity contribution in [3.63, 3.8) is 0 Å². The van der Waals surface area contributed by atoms with Crippen molar-refractivity contribution < 1.29 is 0 Å². The molecule has 0 bridgehead atoms. The Bertz CT molecular complexity index is 471. The van der Waals surface area contributed by atoms with Crippen LogP contribution in [0.15, 0.2) is 30.5 Å². The molecule has 0 spiro atoms. The minimum absolute atomic E-state index is 0.742. The van der Waals surface area contributed by atoms with Gasteiger partial charge in [0.05, 0.1) is 12.7 Å². The number of hydrogen-bond donors (Lipinski definition) is 1. The van der Waals surface area contributed by atoms with Crippen LogP contribution in [0.4, 0.5) is 5.82 Å². The summed E-state index contributed by atoms with van der Waals surface area (Å²) in [6.45, 7) is 4.81. The van der Waals surface area contributed by atoms with Crippen molar-refractivity contribution >= 4 is 5.82 Å². The molecule has 0 radical (unpaired) electrons. The van der Waals surface area contributed by atoms with Gasteiger partial charge in [0.2, 0.25) is 0 Å². The second-order valence-electron chi connectivity index (χ2n) is 3.80. The van der Waals surface area contributed by atoms with Gasteiger partial charge in [0.1, 0.15) is 5.82 Å². The molecule has 0 aliphatic rings.